The first kappa shape index (κ1) is 23.2. The van der Waals surface area contributed by atoms with Gasteiger partial charge in [-0.15, -0.1) is 5.10 Å². The van der Waals surface area contributed by atoms with Gasteiger partial charge >= 0.3 is 0 Å². The number of methoxy groups -OCH3 is 2. The second-order valence-electron chi connectivity index (χ2n) is 7.27. The zero-order valence-electron chi connectivity index (χ0n) is 19.2. The Morgan fingerprint density at radius 3 is 2.69 bits per heavy atom. The van der Waals surface area contributed by atoms with Gasteiger partial charge in [0.2, 0.25) is 11.6 Å². The van der Waals surface area contributed by atoms with E-state index in [-0.39, 0.29) is 23.9 Å². The van der Waals surface area contributed by atoms with Gasteiger partial charge in [0.25, 0.3) is 5.91 Å². The van der Waals surface area contributed by atoms with Gasteiger partial charge in [-0.2, -0.15) is 9.78 Å². The number of aromatic nitrogens is 5. The van der Waals surface area contributed by atoms with Crippen molar-refractivity contribution in [1.29, 1.82) is 0 Å². The molecule has 4 rings (SSSR count). The Kier molecular flexibility index (Phi) is 6.86. The second kappa shape index (κ2) is 10.3. The number of carbonyl (C=O) groups excluding carboxylic acids is 1. The van der Waals surface area contributed by atoms with Crippen molar-refractivity contribution in [3.63, 3.8) is 0 Å². The van der Waals surface area contributed by atoms with Crippen LogP contribution in [0.3, 0.4) is 0 Å². The van der Waals surface area contributed by atoms with Crippen molar-refractivity contribution in [3.8, 4) is 17.3 Å². The van der Waals surface area contributed by atoms with Gasteiger partial charge < -0.3 is 20.1 Å². The van der Waals surface area contributed by atoms with Crippen LogP contribution in [-0.2, 0) is 6.54 Å². The standard InChI is InChI=1S/C22H23N9O4/c1-30(15-7-5-4-6-8-15)13-17-19(25-29-31(17)21-20(23)27-35-28-21)22(32)26-24-12-14-9-10-16(33-2)11-18(14)34-3/h4-12H,13H2,1-3H3,(H2,23,27)(H,26,32)/b24-12+. The molecular weight excluding hydrogens is 454 g/mol. The lowest BCUT2D eigenvalue weighted by Gasteiger charge is -2.19. The van der Waals surface area contributed by atoms with E-state index in [4.69, 9.17) is 19.8 Å². The van der Waals surface area contributed by atoms with Crippen molar-refractivity contribution < 1.29 is 18.9 Å². The van der Waals surface area contributed by atoms with E-state index in [0.29, 0.717) is 22.8 Å². The van der Waals surface area contributed by atoms with Crippen LogP contribution >= 0.6 is 0 Å². The van der Waals surface area contributed by atoms with Gasteiger partial charge in [-0.1, -0.05) is 23.4 Å². The molecule has 0 atom stereocenters. The van der Waals surface area contributed by atoms with E-state index in [1.807, 2.05) is 42.3 Å². The number of nitrogen functional groups attached to an aromatic ring is 1. The summed E-state index contributed by atoms with van der Waals surface area (Å²) in [5.41, 5.74) is 10.3. The fourth-order valence-electron chi connectivity index (χ4n) is 3.26. The molecule has 0 aliphatic rings. The average Bonchev–Trinajstić information content (AvgIpc) is 3.50. The van der Waals surface area contributed by atoms with Gasteiger partial charge in [0, 0.05) is 24.4 Å². The van der Waals surface area contributed by atoms with E-state index in [2.05, 4.69) is 31.2 Å². The molecule has 0 fully saturated rings. The number of carbonyl (C=O) groups is 1. The van der Waals surface area contributed by atoms with E-state index in [1.54, 1.807) is 25.3 Å². The van der Waals surface area contributed by atoms with Gasteiger partial charge in [-0.3, -0.25) is 4.79 Å². The summed E-state index contributed by atoms with van der Waals surface area (Å²) in [4.78, 5) is 14.9. The third-order valence-electron chi connectivity index (χ3n) is 5.07. The van der Waals surface area contributed by atoms with Crippen LogP contribution in [0.5, 0.6) is 11.5 Å². The van der Waals surface area contributed by atoms with Crippen LogP contribution in [0.1, 0.15) is 21.7 Å². The molecule has 2 heterocycles. The normalized spacial score (nSPS) is 10.9. The van der Waals surface area contributed by atoms with E-state index >= 15 is 0 Å². The number of anilines is 2. The summed E-state index contributed by atoms with van der Waals surface area (Å²) in [6.45, 7) is 0.252. The minimum atomic E-state index is -0.577. The number of hydrogen-bond donors (Lipinski definition) is 2. The minimum absolute atomic E-state index is 0.00935. The molecule has 13 nitrogen and oxygen atoms in total. The molecule has 0 saturated carbocycles. The van der Waals surface area contributed by atoms with Crippen molar-refractivity contribution >= 4 is 23.6 Å². The van der Waals surface area contributed by atoms with Crippen molar-refractivity contribution in [1.82, 2.24) is 30.7 Å². The maximum atomic E-state index is 13.0. The van der Waals surface area contributed by atoms with Crippen molar-refractivity contribution in [2.45, 2.75) is 6.54 Å². The zero-order chi connectivity index (χ0) is 24.8. The predicted molar refractivity (Wildman–Crippen MR) is 127 cm³/mol. The third kappa shape index (κ3) is 5.03. The summed E-state index contributed by atoms with van der Waals surface area (Å²) >= 11 is 0. The Morgan fingerprint density at radius 2 is 2.00 bits per heavy atom. The quantitative estimate of drug-likeness (QED) is 0.268. The highest BCUT2D eigenvalue weighted by Crippen LogP contribution is 2.23. The molecular formula is C22H23N9O4. The molecule has 180 valence electrons. The van der Waals surface area contributed by atoms with Crippen LogP contribution in [0.25, 0.3) is 5.82 Å². The molecule has 13 heteroatoms. The summed E-state index contributed by atoms with van der Waals surface area (Å²) in [7, 11) is 4.96. The first-order valence-corrected chi connectivity index (χ1v) is 10.4. The first-order valence-electron chi connectivity index (χ1n) is 10.4. The Hall–Kier alpha value is -4.94. The summed E-state index contributed by atoms with van der Waals surface area (Å²) in [6, 6.07) is 14.8. The number of hydrazone groups is 1. The molecule has 0 radical (unpaired) electrons. The van der Waals surface area contributed by atoms with Crippen LogP contribution in [0.2, 0.25) is 0 Å². The number of para-hydroxylation sites is 1. The van der Waals surface area contributed by atoms with Gasteiger partial charge in [0.05, 0.1) is 32.7 Å². The Balaban J connectivity index is 1.60. The predicted octanol–water partition coefficient (Wildman–Crippen LogP) is 1.65. The Morgan fingerprint density at radius 1 is 1.20 bits per heavy atom. The van der Waals surface area contributed by atoms with Gasteiger partial charge in [-0.25, -0.2) is 10.1 Å². The second-order valence-corrected chi connectivity index (χ2v) is 7.27. The van der Waals surface area contributed by atoms with Gasteiger partial charge in [0.1, 0.15) is 11.5 Å². The number of ether oxygens (including phenoxy) is 2. The van der Waals surface area contributed by atoms with Crippen molar-refractivity contribution in [3.05, 3.63) is 65.5 Å². The molecule has 1 amide bonds. The van der Waals surface area contributed by atoms with Crippen LogP contribution in [0.4, 0.5) is 11.5 Å². The number of rotatable bonds is 9. The van der Waals surface area contributed by atoms with Crippen molar-refractivity contribution in [2.75, 3.05) is 31.9 Å². The number of nitrogens with one attached hydrogen (secondary N) is 1. The largest absolute Gasteiger partial charge is 0.497 e. The smallest absolute Gasteiger partial charge is 0.293 e. The fraction of sp³-hybridized carbons (Fsp3) is 0.182. The highest BCUT2D eigenvalue weighted by atomic mass is 16.6. The van der Waals surface area contributed by atoms with E-state index in [1.165, 1.54) is 18.0 Å². The molecule has 0 spiro atoms. The highest BCUT2D eigenvalue weighted by molar-refractivity contribution is 5.94. The fourth-order valence-corrected chi connectivity index (χ4v) is 3.26. The third-order valence-corrected chi connectivity index (χ3v) is 5.07. The number of nitrogens with zero attached hydrogens (tertiary/aromatic N) is 7. The number of nitrogens with two attached hydrogens (primary N) is 1. The molecule has 4 aromatic rings. The van der Waals surface area contributed by atoms with Crippen molar-refractivity contribution in [2.24, 2.45) is 5.10 Å². The lowest BCUT2D eigenvalue weighted by molar-refractivity contribution is 0.0949. The van der Waals surface area contributed by atoms with Crippen LogP contribution in [0.15, 0.2) is 58.3 Å². The van der Waals surface area contributed by atoms with E-state index in [9.17, 15) is 4.79 Å². The monoisotopic (exact) mass is 477 g/mol. The van der Waals surface area contributed by atoms with Crippen LogP contribution in [0, 0.1) is 0 Å². The molecule has 0 aliphatic carbocycles. The lowest BCUT2D eigenvalue weighted by atomic mass is 10.2. The van der Waals surface area contributed by atoms with E-state index in [0.717, 1.165) is 5.69 Å². The zero-order valence-corrected chi connectivity index (χ0v) is 19.2. The maximum absolute atomic E-state index is 13.0. The minimum Gasteiger partial charge on any atom is -0.497 e. The summed E-state index contributed by atoms with van der Waals surface area (Å²) in [6.07, 6.45) is 1.45. The first-order chi connectivity index (χ1) is 17.0. The molecule has 0 bridgehead atoms. The molecule has 2 aromatic heterocycles. The van der Waals surface area contributed by atoms with Crippen LogP contribution in [-0.4, -0.2) is 58.7 Å². The molecule has 2 aromatic carbocycles. The number of benzene rings is 2. The SMILES string of the molecule is COc1ccc(/C=N/NC(=O)c2nnn(-c3nonc3N)c2CN(C)c2ccccc2)c(OC)c1. The number of amides is 1. The molecule has 0 saturated heterocycles. The topological polar surface area (TPSA) is 159 Å². The lowest BCUT2D eigenvalue weighted by Crippen LogP contribution is -2.24. The van der Waals surface area contributed by atoms with E-state index < -0.39 is 5.91 Å². The molecule has 0 unspecified atom stereocenters. The summed E-state index contributed by atoms with van der Waals surface area (Å²) in [5.74, 6) is 0.724. The van der Waals surface area contributed by atoms with Crippen LogP contribution < -0.4 is 25.5 Å². The van der Waals surface area contributed by atoms with Gasteiger partial charge in [0.15, 0.2) is 5.69 Å². The highest BCUT2D eigenvalue weighted by Gasteiger charge is 2.25. The summed E-state index contributed by atoms with van der Waals surface area (Å²) < 4.78 is 16.5. The number of hydrogen-bond acceptors (Lipinski definition) is 11. The molecule has 0 aliphatic heterocycles. The summed E-state index contributed by atoms with van der Waals surface area (Å²) in [5, 5.41) is 19.5. The molecule has 35 heavy (non-hydrogen) atoms. The maximum Gasteiger partial charge on any atom is 0.293 e. The molecule has 3 N–H and O–H groups in total. The average molecular weight is 477 g/mol. The Labute approximate surface area is 200 Å². The van der Waals surface area contributed by atoms with Gasteiger partial charge in [-0.05, 0) is 34.6 Å². The Bertz CT molecular complexity index is 1330.